The lowest BCUT2D eigenvalue weighted by atomic mass is 9.99. The van der Waals surface area contributed by atoms with E-state index in [0.717, 1.165) is 0 Å². The molecular formula is C16H13FN3O3-. The van der Waals surface area contributed by atoms with Gasteiger partial charge in [0, 0.05) is 18.2 Å². The molecule has 2 aromatic carbocycles. The maximum absolute atomic E-state index is 14.2. The van der Waals surface area contributed by atoms with Crippen LogP contribution in [0.15, 0.2) is 47.5 Å². The molecule has 1 aliphatic heterocycles. The molecule has 1 heterocycles. The van der Waals surface area contributed by atoms with Gasteiger partial charge in [-0.1, -0.05) is 12.1 Å². The van der Waals surface area contributed by atoms with Crippen molar-refractivity contribution in [3.05, 3.63) is 64.6 Å². The lowest BCUT2D eigenvalue weighted by molar-refractivity contribution is -0.116. The van der Waals surface area contributed by atoms with Gasteiger partial charge in [0.15, 0.2) is 0 Å². The second kappa shape index (κ2) is 5.79. The molecule has 2 aromatic rings. The zero-order valence-electron chi connectivity index (χ0n) is 12.2. The number of anilines is 2. The van der Waals surface area contributed by atoms with Crippen molar-refractivity contribution < 1.29 is 14.4 Å². The number of carbonyl (C=O) groups is 1. The summed E-state index contributed by atoms with van der Waals surface area (Å²) in [6.45, 7) is -0.135. The highest BCUT2D eigenvalue weighted by atomic mass is 19.1. The van der Waals surface area contributed by atoms with Gasteiger partial charge in [0.2, 0.25) is 5.91 Å². The predicted molar refractivity (Wildman–Crippen MR) is 84.4 cm³/mol. The molecule has 0 unspecified atom stereocenters. The Bertz CT molecular complexity index is 805. The normalized spacial score (nSPS) is 14.2. The zero-order chi connectivity index (χ0) is 16.6. The largest absolute Gasteiger partial charge is 0.733 e. The van der Waals surface area contributed by atoms with E-state index >= 15 is 0 Å². The van der Waals surface area contributed by atoms with Crippen molar-refractivity contribution in [2.45, 2.75) is 0 Å². The molecule has 0 radical (unpaired) electrons. The minimum absolute atomic E-state index is 0.0319. The fourth-order valence-corrected chi connectivity index (χ4v) is 2.48. The molecule has 0 fully saturated rings. The van der Waals surface area contributed by atoms with Crippen LogP contribution in [0, 0.1) is 11.0 Å². The van der Waals surface area contributed by atoms with Crippen LogP contribution in [0.3, 0.4) is 0 Å². The Labute approximate surface area is 131 Å². The van der Waals surface area contributed by atoms with Crippen LogP contribution < -0.4 is 10.1 Å². The SMILES string of the molecule is CN1C(=O)CN=C(c2ccccc2F)c2cc(N([O-])O)ccc21. The van der Waals surface area contributed by atoms with E-state index in [4.69, 9.17) is 5.21 Å². The summed E-state index contributed by atoms with van der Waals surface area (Å²) < 4.78 is 14.2. The molecule has 0 spiro atoms. The van der Waals surface area contributed by atoms with E-state index in [1.807, 2.05) is 0 Å². The molecule has 0 aliphatic carbocycles. The van der Waals surface area contributed by atoms with Crippen LogP contribution in [0.4, 0.5) is 15.8 Å². The number of likely N-dealkylation sites (N-methyl/N-ethyl adjacent to an activating group) is 1. The van der Waals surface area contributed by atoms with Crippen molar-refractivity contribution in [1.29, 1.82) is 0 Å². The Kier molecular flexibility index (Phi) is 3.81. The monoisotopic (exact) mass is 314 g/mol. The summed E-state index contributed by atoms with van der Waals surface area (Å²) in [6.07, 6.45) is 0. The summed E-state index contributed by atoms with van der Waals surface area (Å²) >= 11 is 0. The van der Waals surface area contributed by atoms with Gasteiger partial charge in [-0.05, 0) is 30.3 Å². The Balaban J connectivity index is 2.25. The van der Waals surface area contributed by atoms with E-state index < -0.39 is 5.82 Å². The smallest absolute Gasteiger partial charge is 0.248 e. The Morgan fingerprint density at radius 1 is 1.26 bits per heavy atom. The van der Waals surface area contributed by atoms with Gasteiger partial charge in [-0.3, -0.25) is 15.0 Å². The number of hydrogen-bond donors (Lipinski definition) is 1. The van der Waals surface area contributed by atoms with Crippen molar-refractivity contribution >= 4 is 23.0 Å². The van der Waals surface area contributed by atoms with Crippen LogP contribution in [-0.2, 0) is 4.79 Å². The minimum atomic E-state index is -0.484. The molecular weight excluding hydrogens is 301 g/mol. The minimum Gasteiger partial charge on any atom is -0.733 e. The van der Waals surface area contributed by atoms with Crippen molar-refractivity contribution in [2.24, 2.45) is 4.99 Å². The lowest BCUT2D eigenvalue weighted by Gasteiger charge is -2.25. The molecule has 7 heteroatoms. The molecule has 118 valence electrons. The predicted octanol–water partition coefficient (Wildman–Crippen LogP) is 2.33. The Morgan fingerprint density at radius 3 is 2.70 bits per heavy atom. The van der Waals surface area contributed by atoms with E-state index in [9.17, 15) is 14.4 Å². The molecule has 1 aliphatic rings. The van der Waals surface area contributed by atoms with Gasteiger partial charge >= 0.3 is 0 Å². The number of rotatable bonds is 2. The maximum Gasteiger partial charge on any atom is 0.248 e. The number of amides is 1. The van der Waals surface area contributed by atoms with Crippen LogP contribution in [0.1, 0.15) is 11.1 Å². The van der Waals surface area contributed by atoms with Crippen LogP contribution in [0.5, 0.6) is 0 Å². The number of nitrogens with zero attached hydrogens (tertiary/aromatic N) is 3. The first-order chi connectivity index (χ1) is 11.0. The Morgan fingerprint density at radius 2 is 2.00 bits per heavy atom. The number of aliphatic imine (C=N–C) groups is 1. The molecule has 0 bridgehead atoms. The number of halogens is 1. The molecule has 3 rings (SSSR count). The highest BCUT2D eigenvalue weighted by Crippen LogP contribution is 2.30. The summed E-state index contributed by atoms with van der Waals surface area (Å²) in [6, 6.07) is 10.3. The third-order valence-corrected chi connectivity index (χ3v) is 3.69. The summed E-state index contributed by atoms with van der Waals surface area (Å²) in [7, 11) is 1.58. The van der Waals surface area contributed by atoms with Gasteiger partial charge in [0.05, 0.1) is 17.1 Å². The average molecular weight is 314 g/mol. The first kappa shape index (κ1) is 15.1. The van der Waals surface area contributed by atoms with Crippen LogP contribution in [0.2, 0.25) is 0 Å². The fraction of sp³-hybridized carbons (Fsp3) is 0.125. The van der Waals surface area contributed by atoms with Gasteiger partial charge in [0.25, 0.3) is 0 Å². The Hall–Kier alpha value is -2.77. The quantitative estimate of drug-likeness (QED) is 0.863. The number of benzene rings is 2. The van der Waals surface area contributed by atoms with Gasteiger partial charge in [-0.25, -0.2) is 4.39 Å². The maximum atomic E-state index is 14.2. The fourth-order valence-electron chi connectivity index (χ4n) is 2.48. The molecule has 0 aromatic heterocycles. The summed E-state index contributed by atoms with van der Waals surface area (Å²) in [5.41, 5.74) is 1.34. The van der Waals surface area contributed by atoms with Gasteiger partial charge in [0.1, 0.15) is 12.4 Å². The van der Waals surface area contributed by atoms with Crippen molar-refractivity contribution in [3.63, 3.8) is 0 Å². The first-order valence-electron chi connectivity index (χ1n) is 6.85. The molecule has 1 N–H and O–H groups in total. The van der Waals surface area contributed by atoms with Crippen molar-refractivity contribution in [3.8, 4) is 0 Å². The highest BCUT2D eigenvalue weighted by molar-refractivity contribution is 6.20. The summed E-state index contributed by atoms with van der Waals surface area (Å²) in [5.74, 6) is -0.740. The summed E-state index contributed by atoms with van der Waals surface area (Å²) in [4.78, 5) is 17.7. The second-order valence-electron chi connectivity index (χ2n) is 5.07. The molecule has 23 heavy (non-hydrogen) atoms. The van der Waals surface area contributed by atoms with E-state index in [2.05, 4.69) is 4.99 Å². The average Bonchev–Trinajstić information content (AvgIpc) is 2.66. The number of carbonyl (C=O) groups excluding carboxylic acids is 1. The third kappa shape index (κ3) is 2.67. The van der Waals surface area contributed by atoms with Crippen LogP contribution >= 0.6 is 0 Å². The van der Waals surface area contributed by atoms with Crippen LogP contribution in [0.25, 0.3) is 0 Å². The number of hydrogen-bond acceptors (Lipinski definition) is 5. The zero-order valence-corrected chi connectivity index (χ0v) is 12.2. The first-order valence-corrected chi connectivity index (χ1v) is 6.85. The number of benzodiazepines with no additional fused rings is 1. The second-order valence-corrected chi connectivity index (χ2v) is 5.07. The molecule has 0 saturated carbocycles. The van der Waals surface area contributed by atoms with E-state index in [1.165, 1.54) is 29.2 Å². The van der Waals surface area contributed by atoms with Gasteiger partial charge < -0.3 is 15.3 Å². The highest BCUT2D eigenvalue weighted by Gasteiger charge is 2.24. The van der Waals surface area contributed by atoms with E-state index in [0.29, 0.717) is 11.3 Å². The van der Waals surface area contributed by atoms with Gasteiger partial charge in [-0.2, -0.15) is 0 Å². The molecule has 0 saturated heterocycles. The molecule has 1 amide bonds. The molecule has 0 atom stereocenters. The lowest BCUT2D eigenvalue weighted by Crippen LogP contribution is -2.27. The van der Waals surface area contributed by atoms with Crippen molar-refractivity contribution in [1.82, 2.24) is 0 Å². The molecule has 6 nitrogen and oxygen atoms in total. The van der Waals surface area contributed by atoms with E-state index in [-0.39, 0.29) is 34.6 Å². The van der Waals surface area contributed by atoms with Crippen LogP contribution in [-0.4, -0.2) is 30.4 Å². The third-order valence-electron chi connectivity index (χ3n) is 3.69. The van der Waals surface area contributed by atoms with E-state index in [1.54, 1.807) is 25.2 Å². The van der Waals surface area contributed by atoms with Crippen molar-refractivity contribution in [2.75, 3.05) is 23.7 Å². The standard InChI is InChI=1S/C16H13FN3O3/c1-19-14-7-6-10(20(22)23)8-12(14)16(18-9-15(19)21)11-4-2-3-5-13(11)17/h2-8,22H,9H2,1H3/q-1. The van der Waals surface area contributed by atoms with Gasteiger partial charge in [-0.15, -0.1) is 0 Å². The number of fused-ring (bicyclic) bond motifs is 1. The topological polar surface area (TPSA) is 79.2 Å². The summed E-state index contributed by atoms with van der Waals surface area (Å²) in [5, 5.41) is 20.0.